The first-order chi connectivity index (χ1) is 3.54. The second-order valence-corrected chi connectivity index (χ2v) is 3.24. The molecule has 0 aliphatic heterocycles. The molecule has 1 saturated carbocycles. The van der Waals surface area contributed by atoms with Crippen LogP contribution in [-0.2, 0) is 0 Å². The molecule has 1 N–H and O–H groups in total. The largest absolute Gasteiger partial charge is 0.513 e. The highest BCUT2D eigenvalue weighted by Gasteiger charge is 2.47. The summed E-state index contributed by atoms with van der Waals surface area (Å²) in [7, 11) is 0. The van der Waals surface area contributed by atoms with Crippen LogP contribution in [0.4, 0.5) is 0 Å². The predicted molar refractivity (Wildman–Crippen MR) is 33.7 cm³/mol. The molecular formula is C7H12O. The minimum Gasteiger partial charge on any atom is -0.513 e. The highest BCUT2D eigenvalue weighted by molar-refractivity contribution is 5.09. The normalized spacial score (nSPS) is 32.0. The second-order valence-electron chi connectivity index (χ2n) is 3.24. The maximum absolute atomic E-state index is 8.83. The van der Waals surface area contributed by atoms with Crippen LogP contribution in [0, 0.1) is 11.3 Å². The Bertz CT molecular complexity index is 124. The van der Waals surface area contributed by atoms with Gasteiger partial charge in [-0.1, -0.05) is 20.4 Å². The average molecular weight is 112 g/mol. The minimum atomic E-state index is 0.339. The zero-order valence-corrected chi connectivity index (χ0v) is 5.44. The van der Waals surface area contributed by atoms with Gasteiger partial charge in [-0.05, 0) is 11.8 Å². The zero-order valence-electron chi connectivity index (χ0n) is 5.44. The molecule has 46 valence electrons. The lowest BCUT2D eigenvalue weighted by Gasteiger charge is -1.98. The van der Waals surface area contributed by atoms with Crippen molar-refractivity contribution in [2.24, 2.45) is 11.3 Å². The first-order valence-electron chi connectivity index (χ1n) is 2.92. The van der Waals surface area contributed by atoms with Crippen LogP contribution in [0.25, 0.3) is 0 Å². The summed E-state index contributed by atoms with van der Waals surface area (Å²) in [5.74, 6) is 0.734. The lowest BCUT2D eigenvalue weighted by Crippen LogP contribution is -1.91. The monoisotopic (exact) mass is 112 g/mol. The molecule has 0 aromatic carbocycles. The van der Waals surface area contributed by atoms with E-state index >= 15 is 0 Å². The van der Waals surface area contributed by atoms with Crippen molar-refractivity contribution in [3.8, 4) is 0 Å². The van der Waals surface area contributed by atoms with Crippen molar-refractivity contribution in [1.82, 2.24) is 0 Å². The Morgan fingerprint density at radius 3 is 2.12 bits per heavy atom. The Morgan fingerprint density at radius 1 is 1.75 bits per heavy atom. The molecule has 1 nitrogen and oxygen atoms in total. The van der Waals surface area contributed by atoms with E-state index in [1.165, 1.54) is 0 Å². The van der Waals surface area contributed by atoms with Crippen molar-refractivity contribution in [2.75, 3.05) is 0 Å². The lowest BCUT2D eigenvalue weighted by atomic mass is 10.1. The average Bonchev–Trinajstić information content (AvgIpc) is 2.13. The molecule has 0 bridgehead atoms. The molecule has 0 heterocycles. The summed E-state index contributed by atoms with van der Waals surface area (Å²) >= 11 is 0. The summed E-state index contributed by atoms with van der Waals surface area (Å²) in [4.78, 5) is 0. The molecule has 8 heavy (non-hydrogen) atoms. The number of rotatable bonds is 1. The predicted octanol–water partition coefficient (Wildman–Crippen LogP) is 2.10. The second kappa shape index (κ2) is 1.28. The van der Waals surface area contributed by atoms with E-state index < -0.39 is 0 Å². The van der Waals surface area contributed by atoms with Crippen LogP contribution in [0.3, 0.4) is 0 Å². The Balaban J connectivity index is 2.48. The van der Waals surface area contributed by atoms with Gasteiger partial charge in [0, 0.05) is 5.92 Å². The van der Waals surface area contributed by atoms with Crippen molar-refractivity contribution in [3.05, 3.63) is 12.3 Å². The number of hydrogen-bond acceptors (Lipinski definition) is 1. The van der Waals surface area contributed by atoms with Crippen LogP contribution < -0.4 is 0 Å². The minimum absolute atomic E-state index is 0.339. The van der Waals surface area contributed by atoms with Gasteiger partial charge in [0.25, 0.3) is 0 Å². The van der Waals surface area contributed by atoms with Gasteiger partial charge < -0.3 is 5.11 Å². The molecule has 0 aromatic rings. The van der Waals surface area contributed by atoms with Crippen LogP contribution >= 0.6 is 0 Å². The van der Waals surface area contributed by atoms with Gasteiger partial charge in [0.1, 0.15) is 0 Å². The van der Waals surface area contributed by atoms with Gasteiger partial charge in [-0.25, -0.2) is 0 Å². The maximum Gasteiger partial charge on any atom is 0.0887 e. The van der Waals surface area contributed by atoms with Crippen molar-refractivity contribution >= 4 is 0 Å². The van der Waals surface area contributed by atoms with Gasteiger partial charge in [0.2, 0.25) is 0 Å². The molecule has 1 fully saturated rings. The third-order valence-corrected chi connectivity index (χ3v) is 1.92. The molecule has 0 radical (unpaired) electrons. The first-order valence-corrected chi connectivity index (χ1v) is 2.92. The Labute approximate surface area is 50.0 Å². The SMILES string of the molecule is C=C(O)C1CC1(C)C. The van der Waals surface area contributed by atoms with E-state index in [9.17, 15) is 0 Å². The highest BCUT2D eigenvalue weighted by Crippen LogP contribution is 2.54. The fraction of sp³-hybridized carbons (Fsp3) is 0.714. The Morgan fingerprint density at radius 2 is 2.12 bits per heavy atom. The number of allylic oxidation sites excluding steroid dienone is 1. The van der Waals surface area contributed by atoms with E-state index in [-0.39, 0.29) is 0 Å². The fourth-order valence-corrected chi connectivity index (χ4v) is 1.04. The van der Waals surface area contributed by atoms with Gasteiger partial charge in [0.15, 0.2) is 0 Å². The summed E-state index contributed by atoms with van der Waals surface area (Å²) in [6.45, 7) is 7.74. The van der Waals surface area contributed by atoms with E-state index in [4.69, 9.17) is 5.11 Å². The van der Waals surface area contributed by atoms with Crippen LogP contribution in [0.1, 0.15) is 20.3 Å². The van der Waals surface area contributed by atoms with E-state index in [0.29, 0.717) is 17.1 Å². The molecule has 1 unspecified atom stereocenters. The molecule has 0 saturated heterocycles. The van der Waals surface area contributed by atoms with E-state index in [0.717, 1.165) is 6.42 Å². The Kier molecular flexibility index (Phi) is 0.905. The quantitative estimate of drug-likeness (QED) is 0.515. The maximum atomic E-state index is 8.83. The van der Waals surface area contributed by atoms with Crippen molar-refractivity contribution in [1.29, 1.82) is 0 Å². The van der Waals surface area contributed by atoms with Gasteiger partial charge in [-0.2, -0.15) is 0 Å². The standard InChI is InChI=1S/C7H12O/c1-5(8)6-4-7(6,2)3/h6,8H,1,4H2,2-3H3. The van der Waals surface area contributed by atoms with Crippen molar-refractivity contribution in [2.45, 2.75) is 20.3 Å². The van der Waals surface area contributed by atoms with Crippen molar-refractivity contribution < 1.29 is 5.11 Å². The molecule has 0 aromatic heterocycles. The third-order valence-electron chi connectivity index (χ3n) is 1.92. The number of hydrogen-bond donors (Lipinski definition) is 1. The lowest BCUT2D eigenvalue weighted by molar-refractivity contribution is 0.360. The van der Waals surface area contributed by atoms with Gasteiger partial charge in [0.05, 0.1) is 5.76 Å². The van der Waals surface area contributed by atoms with Crippen LogP contribution in [0.15, 0.2) is 12.3 Å². The molecule has 0 amide bonds. The fourth-order valence-electron chi connectivity index (χ4n) is 1.04. The molecule has 0 spiro atoms. The number of aliphatic hydroxyl groups is 1. The van der Waals surface area contributed by atoms with E-state index in [1.807, 2.05) is 0 Å². The van der Waals surface area contributed by atoms with Gasteiger partial charge >= 0.3 is 0 Å². The van der Waals surface area contributed by atoms with E-state index in [1.54, 1.807) is 0 Å². The summed E-state index contributed by atoms with van der Waals surface area (Å²) in [6, 6.07) is 0. The smallest absolute Gasteiger partial charge is 0.0887 e. The van der Waals surface area contributed by atoms with Crippen LogP contribution in [0.5, 0.6) is 0 Å². The van der Waals surface area contributed by atoms with Crippen LogP contribution in [0.2, 0.25) is 0 Å². The third kappa shape index (κ3) is 0.726. The van der Waals surface area contributed by atoms with Crippen molar-refractivity contribution in [3.63, 3.8) is 0 Å². The molecule has 1 aliphatic rings. The molecule has 1 atom stereocenters. The molecular weight excluding hydrogens is 100 g/mol. The highest BCUT2D eigenvalue weighted by atomic mass is 16.3. The Hall–Kier alpha value is -0.460. The summed E-state index contributed by atoms with van der Waals surface area (Å²) in [5.41, 5.74) is 0.339. The van der Waals surface area contributed by atoms with Gasteiger partial charge in [-0.15, -0.1) is 0 Å². The zero-order chi connectivity index (χ0) is 6.36. The summed E-state index contributed by atoms with van der Waals surface area (Å²) in [6.07, 6.45) is 1.10. The summed E-state index contributed by atoms with van der Waals surface area (Å²) in [5, 5.41) is 8.83. The number of aliphatic hydroxyl groups excluding tert-OH is 1. The molecule has 1 rings (SSSR count). The van der Waals surface area contributed by atoms with E-state index in [2.05, 4.69) is 20.4 Å². The van der Waals surface area contributed by atoms with Crippen LogP contribution in [-0.4, -0.2) is 5.11 Å². The molecule has 1 aliphatic carbocycles. The van der Waals surface area contributed by atoms with Gasteiger partial charge in [-0.3, -0.25) is 0 Å². The molecule has 1 heteroatoms. The first kappa shape index (κ1) is 5.67. The topological polar surface area (TPSA) is 20.2 Å². The summed E-state index contributed by atoms with van der Waals surface area (Å²) < 4.78 is 0.